The van der Waals surface area contributed by atoms with E-state index in [4.69, 9.17) is 10.8 Å². The molecule has 0 saturated carbocycles. The molecule has 3 heteroatoms. The summed E-state index contributed by atoms with van der Waals surface area (Å²) < 4.78 is 0. The summed E-state index contributed by atoms with van der Waals surface area (Å²) in [6.45, 7) is 4.18. The van der Waals surface area contributed by atoms with Crippen molar-refractivity contribution in [3.8, 4) is 0 Å². The minimum absolute atomic E-state index is 0.0486. The lowest BCUT2D eigenvalue weighted by molar-refractivity contribution is -0.119. The van der Waals surface area contributed by atoms with Gasteiger partial charge in [-0.2, -0.15) is 0 Å². The zero-order valence-corrected chi connectivity index (χ0v) is 7.21. The Hall–Kier alpha value is -0.570. The molecule has 1 atom stereocenters. The Kier molecular flexibility index (Phi) is 4.86. The lowest BCUT2D eigenvalue weighted by Gasteiger charge is -2.13. The van der Waals surface area contributed by atoms with Crippen LogP contribution in [0.1, 0.15) is 26.7 Å². The molecule has 0 fully saturated rings. The van der Waals surface area contributed by atoms with Crippen LogP contribution in [-0.4, -0.2) is 17.6 Å². The van der Waals surface area contributed by atoms with Gasteiger partial charge < -0.3 is 10.8 Å². The Morgan fingerprint density at radius 1 is 1.55 bits per heavy atom. The second kappa shape index (κ2) is 5.13. The molecule has 0 aliphatic rings. The van der Waals surface area contributed by atoms with Crippen LogP contribution in [0, 0.1) is 11.8 Å². The van der Waals surface area contributed by atoms with E-state index in [1.165, 1.54) is 0 Å². The average molecular weight is 159 g/mol. The number of carbonyl (C=O) groups excluding carboxylic acids is 1. The van der Waals surface area contributed by atoms with Crippen molar-refractivity contribution in [2.45, 2.75) is 26.7 Å². The van der Waals surface area contributed by atoms with E-state index in [1.54, 1.807) is 0 Å². The van der Waals surface area contributed by atoms with Crippen LogP contribution in [0.15, 0.2) is 0 Å². The van der Waals surface area contributed by atoms with E-state index in [9.17, 15) is 4.79 Å². The SMILES string of the molecule is CC(C)C[C@H](CO)CC(N)=O. The second-order valence-corrected chi connectivity index (χ2v) is 3.35. The maximum atomic E-state index is 10.5. The Morgan fingerprint density at radius 3 is 2.36 bits per heavy atom. The maximum absolute atomic E-state index is 10.5. The molecule has 3 nitrogen and oxygen atoms in total. The summed E-state index contributed by atoms with van der Waals surface area (Å²) in [5.41, 5.74) is 4.99. The quantitative estimate of drug-likeness (QED) is 0.614. The molecular formula is C8H17NO2. The topological polar surface area (TPSA) is 63.3 Å². The minimum atomic E-state index is -0.329. The molecule has 0 aromatic rings. The van der Waals surface area contributed by atoms with Gasteiger partial charge in [-0.3, -0.25) is 4.79 Å². The molecule has 0 aromatic heterocycles. The fourth-order valence-electron chi connectivity index (χ4n) is 1.17. The number of aliphatic hydroxyl groups excluding tert-OH is 1. The zero-order valence-electron chi connectivity index (χ0n) is 7.21. The highest BCUT2D eigenvalue weighted by Crippen LogP contribution is 2.13. The van der Waals surface area contributed by atoms with Crippen molar-refractivity contribution in [2.75, 3.05) is 6.61 Å². The van der Waals surface area contributed by atoms with E-state index in [2.05, 4.69) is 13.8 Å². The Balaban J connectivity index is 3.66. The van der Waals surface area contributed by atoms with Crippen molar-refractivity contribution < 1.29 is 9.90 Å². The molecule has 1 amide bonds. The lowest BCUT2D eigenvalue weighted by atomic mass is 9.95. The standard InChI is InChI=1S/C8H17NO2/c1-6(2)3-7(5-10)4-8(9)11/h6-7,10H,3-5H2,1-2H3,(H2,9,11)/t7-/m0/s1. The Bertz CT molecular complexity index is 123. The van der Waals surface area contributed by atoms with Gasteiger partial charge in [-0.25, -0.2) is 0 Å². The zero-order chi connectivity index (χ0) is 8.85. The first-order valence-electron chi connectivity index (χ1n) is 3.95. The molecule has 0 bridgehead atoms. The molecule has 0 saturated heterocycles. The van der Waals surface area contributed by atoms with Gasteiger partial charge >= 0.3 is 0 Å². The molecule has 0 unspecified atom stereocenters. The van der Waals surface area contributed by atoms with Gasteiger partial charge in [0, 0.05) is 13.0 Å². The van der Waals surface area contributed by atoms with Crippen LogP contribution in [0.25, 0.3) is 0 Å². The number of primary amides is 1. The number of aliphatic hydroxyl groups is 1. The van der Waals surface area contributed by atoms with E-state index in [1.807, 2.05) is 0 Å². The van der Waals surface area contributed by atoms with Crippen LogP contribution >= 0.6 is 0 Å². The summed E-state index contributed by atoms with van der Waals surface area (Å²) in [5.74, 6) is 0.226. The third-order valence-electron chi connectivity index (χ3n) is 1.55. The molecule has 0 aliphatic heterocycles. The summed E-state index contributed by atoms with van der Waals surface area (Å²) in [5, 5.41) is 8.82. The molecule has 0 spiro atoms. The van der Waals surface area contributed by atoms with Crippen molar-refractivity contribution in [3.63, 3.8) is 0 Å². The fraction of sp³-hybridized carbons (Fsp3) is 0.875. The fourth-order valence-corrected chi connectivity index (χ4v) is 1.17. The van der Waals surface area contributed by atoms with Gasteiger partial charge in [-0.15, -0.1) is 0 Å². The largest absolute Gasteiger partial charge is 0.396 e. The van der Waals surface area contributed by atoms with Crippen LogP contribution in [0.3, 0.4) is 0 Å². The monoisotopic (exact) mass is 159 g/mol. The van der Waals surface area contributed by atoms with Crippen LogP contribution in [0.5, 0.6) is 0 Å². The van der Waals surface area contributed by atoms with Crippen molar-refractivity contribution >= 4 is 5.91 Å². The molecule has 0 aliphatic carbocycles. The molecule has 3 N–H and O–H groups in total. The lowest BCUT2D eigenvalue weighted by Crippen LogP contribution is -2.19. The van der Waals surface area contributed by atoms with E-state index in [-0.39, 0.29) is 18.4 Å². The third kappa shape index (κ3) is 5.85. The highest BCUT2D eigenvalue weighted by molar-refractivity contribution is 5.73. The molecule has 0 heterocycles. The minimum Gasteiger partial charge on any atom is -0.396 e. The van der Waals surface area contributed by atoms with E-state index in [0.717, 1.165) is 6.42 Å². The van der Waals surface area contributed by atoms with Gasteiger partial charge in [0.1, 0.15) is 0 Å². The van der Waals surface area contributed by atoms with Gasteiger partial charge in [-0.05, 0) is 18.3 Å². The number of carbonyl (C=O) groups is 1. The first kappa shape index (κ1) is 10.4. The summed E-state index contributed by atoms with van der Waals surface area (Å²) in [7, 11) is 0. The maximum Gasteiger partial charge on any atom is 0.217 e. The van der Waals surface area contributed by atoms with Crippen LogP contribution in [-0.2, 0) is 4.79 Å². The van der Waals surface area contributed by atoms with Gasteiger partial charge in [-0.1, -0.05) is 13.8 Å². The Morgan fingerprint density at radius 2 is 2.09 bits per heavy atom. The number of amides is 1. The van der Waals surface area contributed by atoms with Crippen molar-refractivity contribution in [2.24, 2.45) is 17.6 Å². The Labute approximate surface area is 67.6 Å². The van der Waals surface area contributed by atoms with Gasteiger partial charge in [0.05, 0.1) is 0 Å². The van der Waals surface area contributed by atoms with Gasteiger partial charge in [0.15, 0.2) is 0 Å². The van der Waals surface area contributed by atoms with Crippen LogP contribution < -0.4 is 5.73 Å². The molecular weight excluding hydrogens is 142 g/mol. The molecule has 0 rings (SSSR count). The van der Waals surface area contributed by atoms with Crippen LogP contribution in [0.4, 0.5) is 0 Å². The number of nitrogens with two attached hydrogens (primary N) is 1. The predicted octanol–water partition coefficient (Wildman–Crippen LogP) is 0.516. The van der Waals surface area contributed by atoms with Gasteiger partial charge in [0.25, 0.3) is 0 Å². The second-order valence-electron chi connectivity index (χ2n) is 3.35. The third-order valence-corrected chi connectivity index (χ3v) is 1.55. The van der Waals surface area contributed by atoms with E-state index in [0.29, 0.717) is 12.3 Å². The first-order valence-corrected chi connectivity index (χ1v) is 3.95. The van der Waals surface area contributed by atoms with Gasteiger partial charge in [0.2, 0.25) is 5.91 Å². The first-order chi connectivity index (χ1) is 5.06. The van der Waals surface area contributed by atoms with E-state index < -0.39 is 0 Å². The summed E-state index contributed by atoms with van der Waals surface area (Å²) in [6, 6.07) is 0. The van der Waals surface area contributed by atoms with Crippen molar-refractivity contribution in [1.82, 2.24) is 0 Å². The average Bonchev–Trinajstić information content (AvgIpc) is 1.84. The smallest absolute Gasteiger partial charge is 0.217 e. The molecule has 11 heavy (non-hydrogen) atoms. The molecule has 0 radical (unpaired) electrons. The summed E-state index contributed by atoms with van der Waals surface area (Å²) >= 11 is 0. The summed E-state index contributed by atoms with van der Waals surface area (Å²) in [4.78, 5) is 10.5. The number of rotatable bonds is 5. The number of hydrogen-bond donors (Lipinski definition) is 2. The van der Waals surface area contributed by atoms with E-state index >= 15 is 0 Å². The van der Waals surface area contributed by atoms with Crippen LogP contribution in [0.2, 0.25) is 0 Å². The highest BCUT2D eigenvalue weighted by atomic mass is 16.3. The predicted molar refractivity (Wildman–Crippen MR) is 43.8 cm³/mol. The normalized spacial score (nSPS) is 13.5. The van der Waals surface area contributed by atoms with Crippen molar-refractivity contribution in [1.29, 1.82) is 0 Å². The summed E-state index contributed by atoms with van der Waals surface area (Å²) in [6.07, 6.45) is 1.16. The number of hydrogen-bond acceptors (Lipinski definition) is 2. The van der Waals surface area contributed by atoms with Crippen molar-refractivity contribution in [3.05, 3.63) is 0 Å². The highest BCUT2D eigenvalue weighted by Gasteiger charge is 2.11. The molecule has 66 valence electrons. The molecule has 0 aromatic carbocycles.